The summed E-state index contributed by atoms with van der Waals surface area (Å²) in [6.07, 6.45) is 15.5. The smallest absolute Gasteiger partial charge is 0.325 e. The van der Waals surface area contributed by atoms with Crippen LogP contribution in [0.4, 0.5) is 0 Å². The Balaban J connectivity index is 1.73. The van der Waals surface area contributed by atoms with Crippen molar-refractivity contribution < 1.29 is 43.4 Å². The van der Waals surface area contributed by atoms with Crippen molar-refractivity contribution in [1.82, 2.24) is 26.1 Å². The first-order valence-electron chi connectivity index (χ1n) is 21.3. The number of carbonyl (C=O) groups excluding carboxylic acids is 6. The number of aliphatic hydroxyl groups excluding tert-OH is 1. The van der Waals surface area contributed by atoms with Crippen LogP contribution in [0.1, 0.15) is 91.5 Å². The predicted molar refractivity (Wildman–Crippen MR) is 229 cm³/mol. The van der Waals surface area contributed by atoms with Crippen molar-refractivity contribution in [1.29, 1.82) is 0 Å². The van der Waals surface area contributed by atoms with Gasteiger partial charge in [-0.25, -0.2) is 10.5 Å². The van der Waals surface area contributed by atoms with Gasteiger partial charge in [0, 0.05) is 44.3 Å². The van der Waals surface area contributed by atoms with E-state index < -0.39 is 42.2 Å². The number of esters is 1. The van der Waals surface area contributed by atoms with Crippen molar-refractivity contribution in [3.05, 3.63) is 84.0 Å². The van der Waals surface area contributed by atoms with Crippen LogP contribution in [0.2, 0.25) is 0 Å². The zero-order chi connectivity index (χ0) is 44.0. The molecule has 14 heteroatoms. The number of aldehydes is 1. The highest BCUT2D eigenvalue weighted by Gasteiger charge is 2.35. The highest BCUT2D eigenvalue weighted by molar-refractivity contribution is 5.90. The molecule has 5 unspecified atom stereocenters. The highest BCUT2D eigenvalue weighted by atomic mass is 16.7. The van der Waals surface area contributed by atoms with E-state index in [2.05, 4.69) is 16.1 Å². The topological polar surface area (TPSA) is 184 Å². The first-order chi connectivity index (χ1) is 28.7. The second-order valence-corrected chi connectivity index (χ2v) is 16.1. The van der Waals surface area contributed by atoms with Crippen LogP contribution in [0.5, 0.6) is 0 Å². The highest BCUT2D eigenvalue weighted by Crippen LogP contribution is 2.21. The lowest BCUT2D eigenvalue weighted by atomic mass is 9.87. The Hall–Kier alpha value is -4.76. The molecule has 0 bridgehead atoms. The Kier molecular flexibility index (Phi) is 21.9. The van der Waals surface area contributed by atoms with Crippen LogP contribution >= 0.6 is 0 Å². The van der Waals surface area contributed by atoms with E-state index in [1.807, 2.05) is 82.3 Å². The second kappa shape index (κ2) is 26.5. The monoisotopic (exact) mass is 833 g/mol. The summed E-state index contributed by atoms with van der Waals surface area (Å²) in [6.45, 7) is 10.3. The lowest BCUT2D eigenvalue weighted by Gasteiger charge is -2.36. The molecule has 1 aromatic rings. The number of nitrogens with one attached hydrogen (secondary N) is 3. The summed E-state index contributed by atoms with van der Waals surface area (Å²) in [4.78, 5) is 82.3. The summed E-state index contributed by atoms with van der Waals surface area (Å²) in [6, 6.07) is 7.22. The normalized spacial score (nSPS) is 19.5. The van der Waals surface area contributed by atoms with Gasteiger partial charge in [0.05, 0.1) is 18.8 Å². The number of rotatable bonds is 23. The third-order valence-electron chi connectivity index (χ3n) is 10.8. The van der Waals surface area contributed by atoms with Crippen LogP contribution < -0.4 is 16.1 Å². The van der Waals surface area contributed by atoms with E-state index in [4.69, 9.17) is 9.57 Å². The minimum Gasteiger partial charge on any atom is -0.456 e. The van der Waals surface area contributed by atoms with Crippen LogP contribution in [0.3, 0.4) is 0 Å². The van der Waals surface area contributed by atoms with E-state index in [0.717, 1.165) is 18.4 Å². The molecule has 2 aliphatic heterocycles. The number of hydroxylamine groups is 2. The van der Waals surface area contributed by atoms with Crippen LogP contribution in [0.25, 0.3) is 0 Å². The molecular weight excluding hydrogens is 767 g/mol. The van der Waals surface area contributed by atoms with Crippen molar-refractivity contribution in [2.75, 3.05) is 26.7 Å². The molecule has 1 aromatic carbocycles. The molecule has 2 saturated heterocycles. The largest absolute Gasteiger partial charge is 0.456 e. The van der Waals surface area contributed by atoms with Gasteiger partial charge in [-0.3, -0.25) is 29.0 Å². The lowest BCUT2D eigenvalue weighted by molar-refractivity contribution is -0.191. The fourth-order valence-electron chi connectivity index (χ4n) is 7.08. The summed E-state index contributed by atoms with van der Waals surface area (Å²) in [5.41, 5.74) is 4.64. The van der Waals surface area contributed by atoms with Crippen molar-refractivity contribution in [2.24, 2.45) is 17.8 Å². The molecule has 3 amide bonds. The maximum absolute atomic E-state index is 14.1. The third-order valence-corrected chi connectivity index (χ3v) is 10.8. The Morgan fingerprint density at radius 2 is 1.70 bits per heavy atom. The zero-order valence-electron chi connectivity index (χ0n) is 36.2. The molecule has 2 fully saturated rings. The zero-order valence-corrected chi connectivity index (χ0v) is 36.2. The molecule has 0 radical (unpaired) electrons. The number of ether oxygens (including phenoxy) is 1. The van der Waals surface area contributed by atoms with Gasteiger partial charge in [0.25, 0.3) is 11.8 Å². The minimum absolute atomic E-state index is 0.0132. The van der Waals surface area contributed by atoms with Gasteiger partial charge in [0.1, 0.15) is 30.3 Å². The number of aliphatic hydroxyl groups is 1. The second-order valence-electron chi connectivity index (χ2n) is 16.1. The Morgan fingerprint density at radius 3 is 2.33 bits per heavy atom. The molecule has 7 atom stereocenters. The summed E-state index contributed by atoms with van der Waals surface area (Å²) < 4.78 is 6.10. The molecular formula is C46H67N5O9. The van der Waals surface area contributed by atoms with Crippen molar-refractivity contribution in [3.63, 3.8) is 0 Å². The quantitative estimate of drug-likeness (QED) is 0.0528. The SMILES string of the molecule is CNC(C(=O)NC(Cc1ccccc1)C(=O)N1CCCC(C(=O)O[C@@H](C/C=C/C=C/C[C@H](C)C(O)C(C=O)CCC(C)=O)/C(C)=C/C=C/C(=O)N2CCCCO2)N1)C(C)C. The fourth-order valence-corrected chi connectivity index (χ4v) is 7.08. The molecule has 0 spiro atoms. The summed E-state index contributed by atoms with van der Waals surface area (Å²) >= 11 is 0. The van der Waals surface area contributed by atoms with Crippen LogP contribution in [-0.4, -0.2) is 108 Å². The summed E-state index contributed by atoms with van der Waals surface area (Å²) in [5, 5.41) is 19.4. The van der Waals surface area contributed by atoms with Gasteiger partial charge in [0.15, 0.2) is 0 Å². The molecule has 4 N–H and O–H groups in total. The number of amides is 3. The van der Waals surface area contributed by atoms with E-state index in [9.17, 15) is 33.9 Å². The summed E-state index contributed by atoms with van der Waals surface area (Å²) in [5.74, 6) is -2.36. The van der Waals surface area contributed by atoms with E-state index >= 15 is 0 Å². The van der Waals surface area contributed by atoms with Crippen LogP contribution in [0, 0.1) is 17.8 Å². The van der Waals surface area contributed by atoms with E-state index in [-0.39, 0.29) is 48.2 Å². The van der Waals surface area contributed by atoms with Gasteiger partial charge in [-0.1, -0.05) is 87.6 Å². The molecule has 2 heterocycles. The van der Waals surface area contributed by atoms with Gasteiger partial charge in [-0.2, -0.15) is 0 Å². The molecule has 330 valence electrons. The number of likely N-dealkylation sites (N-methyl/N-ethyl adjacent to an activating group) is 1. The number of allylic oxidation sites excluding steroid dienone is 5. The number of hydrogen-bond acceptors (Lipinski definition) is 11. The maximum Gasteiger partial charge on any atom is 0.325 e. The molecule has 0 aliphatic carbocycles. The van der Waals surface area contributed by atoms with Crippen LogP contribution in [0.15, 0.2) is 78.4 Å². The van der Waals surface area contributed by atoms with Gasteiger partial charge < -0.3 is 30.1 Å². The van der Waals surface area contributed by atoms with E-state index in [0.29, 0.717) is 63.7 Å². The number of carbonyl (C=O) groups is 6. The van der Waals surface area contributed by atoms with E-state index in [1.165, 1.54) is 23.1 Å². The average Bonchev–Trinajstić information content (AvgIpc) is 3.24. The maximum atomic E-state index is 14.1. The number of Topliss-reactive ketones (excluding diaryl/α,β-unsaturated/α-hetero) is 1. The van der Waals surface area contributed by atoms with Gasteiger partial charge in [-0.15, -0.1) is 0 Å². The fraction of sp³-hybridized carbons (Fsp3) is 0.565. The number of hydrazine groups is 1. The Bertz CT molecular complexity index is 1670. The van der Waals surface area contributed by atoms with Gasteiger partial charge >= 0.3 is 5.97 Å². The molecule has 2 aliphatic rings. The molecule has 14 nitrogen and oxygen atoms in total. The van der Waals surface area contributed by atoms with Crippen molar-refractivity contribution in [3.8, 4) is 0 Å². The number of benzene rings is 1. The molecule has 60 heavy (non-hydrogen) atoms. The predicted octanol–water partition coefficient (Wildman–Crippen LogP) is 4.50. The molecule has 0 saturated carbocycles. The third kappa shape index (κ3) is 16.7. The molecule has 0 aromatic heterocycles. The van der Waals surface area contributed by atoms with Crippen LogP contribution in [-0.2, 0) is 44.8 Å². The first kappa shape index (κ1) is 49.6. The minimum atomic E-state index is -0.887. The number of nitrogens with zero attached hydrogens (tertiary/aromatic N) is 2. The van der Waals surface area contributed by atoms with E-state index in [1.54, 1.807) is 19.2 Å². The number of hydrogen-bond donors (Lipinski definition) is 4. The summed E-state index contributed by atoms with van der Waals surface area (Å²) in [7, 11) is 1.71. The van der Waals surface area contributed by atoms with Gasteiger partial charge in [0.2, 0.25) is 5.91 Å². The Labute approximate surface area is 355 Å². The van der Waals surface area contributed by atoms with Gasteiger partial charge in [-0.05, 0) is 82.4 Å². The van der Waals surface area contributed by atoms with Crippen molar-refractivity contribution in [2.45, 2.75) is 123 Å². The standard InChI is InChI=1S/C46H67N5O9/c1-32(2)42(47-6)44(56)48-39(30-36-20-11-9-12-21-36)45(57)50-27-17-22-38(49-50)46(58)60-40(33(3)19-16-24-41(54)51-28-14-15-29-59-51)23-13-8-7-10-18-34(4)43(55)37(31-52)26-25-35(5)53/h7-13,16,19-21,24,31-32,34,37-40,42-43,47,49,55H,14-15,17-18,22-23,25-30H2,1-6H3,(H,48,56)/b10-7+,13-8+,24-16+,33-19+/t34-,37?,38?,39?,40-,42?,43?/m0/s1. The average molecular weight is 834 g/mol. The lowest BCUT2D eigenvalue weighted by Crippen LogP contribution is -2.61. The molecule has 3 rings (SSSR count). The van der Waals surface area contributed by atoms with Crippen molar-refractivity contribution >= 4 is 35.8 Å². The number of ketones is 1. The Morgan fingerprint density at radius 1 is 0.983 bits per heavy atom. The first-order valence-corrected chi connectivity index (χ1v) is 21.3.